The number of benzene rings is 1. The summed E-state index contributed by atoms with van der Waals surface area (Å²) < 4.78 is 6.94. The van der Waals surface area contributed by atoms with E-state index in [9.17, 15) is 4.79 Å². The van der Waals surface area contributed by atoms with E-state index in [4.69, 9.17) is 28.6 Å². The first-order valence-corrected chi connectivity index (χ1v) is 12.0. The molecule has 2 N–H and O–H groups in total. The van der Waals surface area contributed by atoms with Gasteiger partial charge in [0.2, 0.25) is 5.91 Å². The topological polar surface area (TPSA) is 84.3 Å². The van der Waals surface area contributed by atoms with E-state index >= 15 is 0 Å². The van der Waals surface area contributed by atoms with Gasteiger partial charge in [-0.1, -0.05) is 23.7 Å². The number of rotatable bonds is 7. The van der Waals surface area contributed by atoms with Crippen LogP contribution in [-0.4, -0.2) is 39.3 Å². The average molecular weight is 519 g/mol. The fourth-order valence-corrected chi connectivity index (χ4v) is 4.91. The van der Waals surface area contributed by atoms with Gasteiger partial charge >= 0.3 is 0 Å². The Morgan fingerprint density at radius 2 is 1.92 bits per heavy atom. The second-order valence-corrected chi connectivity index (χ2v) is 8.93. The summed E-state index contributed by atoms with van der Waals surface area (Å²) in [6, 6.07) is 20.6. The Labute approximate surface area is 218 Å². The second kappa shape index (κ2) is 10.4. The number of aromatic nitrogens is 3. The summed E-state index contributed by atoms with van der Waals surface area (Å²) in [6.45, 7) is -0.0590. The van der Waals surface area contributed by atoms with Crippen LogP contribution in [0.4, 0.5) is 11.4 Å². The molecule has 3 aromatic heterocycles. The molecule has 0 radical (unpaired) electrons. The Kier molecular flexibility index (Phi) is 6.95. The van der Waals surface area contributed by atoms with Crippen molar-refractivity contribution in [3.63, 3.8) is 0 Å². The van der Waals surface area contributed by atoms with Crippen LogP contribution in [0.2, 0.25) is 5.02 Å². The van der Waals surface area contributed by atoms with Crippen LogP contribution >= 0.6 is 23.8 Å². The molecule has 0 saturated carbocycles. The minimum absolute atomic E-state index is 0.0590. The van der Waals surface area contributed by atoms with Crippen molar-refractivity contribution in [1.82, 2.24) is 19.9 Å². The summed E-state index contributed by atoms with van der Waals surface area (Å²) in [5, 5.41) is 7.14. The molecule has 5 rings (SSSR count). The molecule has 0 bridgehead atoms. The highest BCUT2D eigenvalue weighted by molar-refractivity contribution is 7.80. The molecule has 1 saturated heterocycles. The molecular weight excluding hydrogens is 496 g/mol. The lowest BCUT2D eigenvalue weighted by molar-refractivity contribution is -0.119. The van der Waals surface area contributed by atoms with E-state index in [1.165, 1.54) is 7.11 Å². The molecule has 1 aliphatic rings. The predicted octanol–water partition coefficient (Wildman–Crippen LogP) is 4.68. The van der Waals surface area contributed by atoms with Crippen LogP contribution in [0.5, 0.6) is 0 Å². The maximum absolute atomic E-state index is 12.0. The SMILES string of the molecule is COCC(=O)Nc1ccc(N2C(=S)NC(c3ccccn3)C2c2cccn2-c2ccccn2)cc1Cl. The van der Waals surface area contributed by atoms with Crippen molar-refractivity contribution >= 4 is 46.2 Å². The van der Waals surface area contributed by atoms with Crippen LogP contribution in [-0.2, 0) is 9.53 Å². The number of halogens is 1. The average Bonchev–Trinajstić information content (AvgIpc) is 3.51. The Bertz CT molecular complexity index is 1380. The number of carbonyl (C=O) groups is 1. The number of nitrogens with zero attached hydrogens (tertiary/aromatic N) is 4. The fraction of sp³-hybridized carbons (Fsp3) is 0.154. The van der Waals surface area contributed by atoms with E-state index in [1.54, 1.807) is 24.5 Å². The number of amides is 1. The number of hydrogen-bond acceptors (Lipinski definition) is 5. The number of thiocarbonyl (C=S) groups is 1. The molecule has 8 nitrogen and oxygen atoms in total. The van der Waals surface area contributed by atoms with Crippen LogP contribution in [0.15, 0.2) is 85.3 Å². The van der Waals surface area contributed by atoms with Gasteiger partial charge in [-0.15, -0.1) is 0 Å². The largest absolute Gasteiger partial charge is 0.375 e. The zero-order chi connectivity index (χ0) is 25.1. The Balaban J connectivity index is 1.58. The van der Waals surface area contributed by atoms with Crippen LogP contribution < -0.4 is 15.5 Å². The van der Waals surface area contributed by atoms with Crippen molar-refractivity contribution in [2.45, 2.75) is 12.1 Å². The molecule has 1 aliphatic heterocycles. The predicted molar refractivity (Wildman–Crippen MR) is 143 cm³/mol. The van der Waals surface area contributed by atoms with E-state index in [0.717, 1.165) is 22.9 Å². The van der Waals surface area contributed by atoms with Gasteiger partial charge in [-0.2, -0.15) is 0 Å². The normalized spacial score (nSPS) is 17.2. The van der Waals surface area contributed by atoms with Gasteiger partial charge in [0.05, 0.1) is 22.4 Å². The van der Waals surface area contributed by atoms with Crippen LogP contribution in [0.3, 0.4) is 0 Å². The summed E-state index contributed by atoms with van der Waals surface area (Å²) >= 11 is 12.4. The Morgan fingerprint density at radius 1 is 1.11 bits per heavy atom. The van der Waals surface area contributed by atoms with E-state index in [-0.39, 0.29) is 24.6 Å². The van der Waals surface area contributed by atoms with E-state index in [0.29, 0.717) is 15.8 Å². The summed E-state index contributed by atoms with van der Waals surface area (Å²) in [4.78, 5) is 23.2. The number of hydrogen-bond donors (Lipinski definition) is 2. The highest BCUT2D eigenvalue weighted by Gasteiger charge is 2.42. The van der Waals surface area contributed by atoms with Gasteiger partial charge in [-0.05, 0) is 66.8 Å². The Morgan fingerprint density at radius 3 is 2.61 bits per heavy atom. The second-order valence-electron chi connectivity index (χ2n) is 8.13. The number of nitrogens with one attached hydrogen (secondary N) is 2. The van der Waals surface area contributed by atoms with Gasteiger partial charge in [-0.3, -0.25) is 9.78 Å². The van der Waals surface area contributed by atoms with Crippen LogP contribution in [0.25, 0.3) is 5.82 Å². The quantitative estimate of drug-likeness (QED) is 0.343. The molecular formula is C26H23ClN6O2S. The molecule has 1 aromatic carbocycles. The number of methoxy groups -OCH3 is 1. The zero-order valence-corrected chi connectivity index (χ0v) is 20.9. The van der Waals surface area contributed by atoms with Crippen molar-refractivity contribution in [1.29, 1.82) is 0 Å². The van der Waals surface area contributed by atoms with Crippen molar-refractivity contribution in [3.05, 3.63) is 102 Å². The third kappa shape index (κ3) is 4.68. The maximum Gasteiger partial charge on any atom is 0.250 e. The minimum Gasteiger partial charge on any atom is -0.375 e. The molecule has 10 heteroatoms. The van der Waals surface area contributed by atoms with Gasteiger partial charge in [0.25, 0.3) is 0 Å². The van der Waals surface area contributed by atoms with Crippen molar-refractivity contribution in [3.8, 4) is 5.82 Å². The number of carbonyl (C=O) groups excluding carboxylic acids is 1. The molecule has 0 aliphatic carbocycles. The van der Waals surface area contributed by atoms with Gasteiger partial charge in [0.1, 0.15) is 18.5 Å². The minimum atomic E-state index is -0.285. The standard InChI is InChI=1S/C26H23ClN6O2S/c1-35-16-23(34)30-19-11-10-17(15-18(19)27)33-25(24(31-26(33)36)20-7-2-4-12-28-20)21-8-6-14-32(21)22-9-3-5-13-29-22/h2-15,24-25H,16H2,1H3,(H,30,34)(H,31,36). The summed E-state index contributed by atoms with van der Waals surface area (Å²) in [5.74, 6) is 0.510. The maximum atomic E-state index is 12.0. The van der Waals surface area contributed by atoms with E-state index in [2.05, 4.69) is 26.7 Å². The number of pyridine rings is 2. The van der Waals surface area contributed by atoms with Crippen molar-refractivity contribution in [2.24, 2.45) is 0 Å². The smallest absolute Gasteiger partial charge is 0.250 e. The van der Waals surface area contributed by atoms with Crippen LogP contribution in [0, 0.1) is 0 Å². The van der Waals surface area contributed by atoms with Crippen molar-refractivity contribution < 1.29 is 9.53 Å². The first-order chi connectivity index (χ1) is 17.6. The first-order valence-electron chi connectivity index (χ1n) is 11.2. The third-order valence-corrected chi connectivity index (χ3v) is 6.49. The summed E-state index contributed by atoms with van der Waals surface area (Å²) in [5.41, 5.74) is 3.11. The molecule has 1 fully saturated rings. The lowest BCUT2D eigenvalue weighted by Gasteiger charge is -2.29. The Hall–Kier alpha value is -3.79. The first kappa shape index (κ1) is 23.9. The summed E-state index contributed by atoms with van der Waals surface area (Å²) in [7, 11) is 1.46. The van der Waals surface area contributed by atoms with E-state index in [1.807, 2.05) is 64.2 Å². The molecule has 2 atom stereocenters. The fourth-order valence-electron chi connectivity index (χ4n) is 4.35. The third-order valence-electron chi connectivity index (χ3n) is 5.86. The molecule has 0 spiro atoms. The molecule has 182 valence electrons. The molecule has 2 unspecified atom stereocenters. The van der Waals surface area contributed by atoms with Gasteiger partial charge in [0.15, 0.2) is 5.11 Å². The monoisotopic (exact) mass is 518 g/mol. The molecule has 1 amide bonds. The molecule has 36 heavy (non-hydrogen) atoms. The van der Waals surface area contributed by atoms with Gasteiger partial charge in [0, 0.05) is 37.1 Å². The number of anilines is 2. The van der Waals surface area contributed by atoms with Crippen LogP contribution in [0.1, 0.15) is 23.5 Å². The van der Waals surface area contributed by atoms with Gasteiger partial charge in [-0.25, -0.2) is 4.98 Å². The number of ether oxygens (including phenoxy) is 1. The zero-order valence-electron chi connectivity index (χ0n) is 19.3. The highest BCUT2D eigenvalue weighted by Crippen LogP contribution is 2.43. The highest BCUT2D eigenvalue weighted by atomic mass is 35.5. The molecule has 4 aromatic rings. The van der Waals surface area contributed by atoms with Gasteiger partial charge < -0.3 is 24.8 Å². The van der Waals surface area contributed by atoms with E-state index < -0.39 is 0 Å². The van der Waals surface area contributed by atoms with Crippen molar-refractivity contribution in [2.75, 3.05) is 23.9 Å². The summed E-state index contributed by atoms with van der Waals surface area (Å²) in [6.07, 6.45) is 5.51. The lowest BCUT2D eigenvalue weighted by Crippen LogP contribution is -2.30. The lowest BCUT2D eigenvalue weighted by atomic mass is 10.0. The molecule has 4 heterocycles.